The summed E-state index contributed by atoms with van der Waals surface area (Å²) in [5.41, 5.74) is 12.3. The summed E-state index contributed by atoms with van der Waals surface area (Å²) in [5, 5.41) is 9.74. The number of para-hydroxylation sites is 1. The summed E-state index contributed by atoms with van der Waals surface area (Å²) in [6, 6.07) is 76.5. The zero-order chi connectivity index (χ0) is 37.0. The van der Waals surface area contributed by atoms with E-state index in [4.69, 9.17) is 4.42 Å². The van der Waals surface area contributed by atoms with Crippen LogP contribution in [0.1, 0.15) is 0 Å². The Morgan fingerprint density at radius 3 is 1.54 bits per heavy atom. The second kappa shape index (κ2) is 13.2. The van der Waals surface area contributed by atoms with Gasteiger partial charge in [0.1, 0.15) is 11.2 Å². The zero-order valence-corrected chi connectivity index (χ0v) is 30.6. The van der Waals surface area contributed by atoms with Crippen LogP contribution in [0.15, 0.2) is 217 Å². The molecule has 2 nitrogen and oxygen atoms in total. The third kappa shape index (κ3) is 5.34. The number of furan rings is 1. The zero-order valence-electron chi connectivity index (χ0n) is 30.6. The average Bonchev–Trinajstić information content (AvgIpc) is 3.66. The van der Waals surface area contributed by atoms with Gasteiger partial charge >= 0.3 is 0 Å². The molecule has 56 heavy (non-hydrogen) atoms. The monoisotopic (exact) mass is 713 g/mol. The van der Waals surface area contributed by atoms with E-state index in [2.05, 4.69) is 205 Å². The maximum Gasteiger partial charge on any atom is 0.136 e. The molecule has 0 saturated carbocycles. The molecule has 0 aliphatic carbocycles. The first-order valence-corrected chi connectivity index (χ1v) is 19.2. The van der Waals surface area contributed by atoms with Crippen molar-refractivity contribution in [3.63, 3.8) is 0 Å². The molecule has 10 aromatic carbocycles. The minimum Gasteiger partial charge on any atom is -0.456 e. The van der Waals surface area contributed by atoms with Gasteiger partial charge in [-0.2, -0.15) is 0 Å². The lowest BCUT2D eigenvalue weighted by molar-refractivity contribution is 0.669. The molecule has 0 radical (unpaired) electrons. The summed E-state index contributed by atoms with van der Waals surface area (Å²) >= 11 is 0. The van der Waals surface area contributed by atoms with Crippen LogP contribution in [0.25, 0.3) is 87.6 Å². The number of fused-ring (bicyclic) bond motifs is 7. The molecule has 11 rings (SSSR count). The van der Waals surface area contributed by atoms with Gasteiger partial charge in [0.15, 0.2) is 0 Å². The van der Waals surface area contributed by atoms with Crippen LogP contribution in [0.5, 0.6) is 0 Å². The first-order valence-electron chi connectivity index (χ1n) is 19.2. The van der Waals surface area contributed by atoms with Crippen LogP contribution < -0.4 is 4.90 Å². The Kier molecular flexibility index (Phi) is 7.53. The van der Waals surface area contributed by atoms with E-state index < -0.39 is 0 Å². The number of nitrogens with zero attached hydrogens (tertiary/aromatic N) is 1. The normalized spacial score (nSPS) is 11.6. The van der Waals surface area contributed by atoms with E-state index in [1.165, 1.54) is 65.7 Å². The highest BCUT2D eigenvalue weighted by Gasteiger charge is 2.18. The van der Waals surface area contributed by atoms with Crippen molar-refractivity contribution in [2.45, 2.75) is 0 Å². The fourth-order valence-electron chi connectivity index (χ4n) is 8.57. The Hall–Kier alpha value is -7.42. The van der Waals surface area contributed by atoms with Crippen LogP contribution in [0.3, 0.4) is 0 Å². The van der Waals surface area contributed by atoms with Crippen LogP contribution in [-0.2, 0) is 0 Å². The van der Waals surface area contributed by atoms with Crippen molar-refractivity contribution in [2.75, 3.05) is 4.90 Å². The molecule has 0 amide bonds. The minimum absolute atomic E-state index is 0.912. The van der Waals surface area contributed by atoms with E-state index in [0.717, 1.165) is 39.0 Å². The number of rotatable bonds is 6. The lowest BCUT2D eigenvalue weighted by Gasteiger charge is -2.28. The summed E-state index contributed by atoms with van der Waals surface area (Å²) in [6.45, 7) is 0. The Morgan fingerprint density at radius 1 is 0.304 bits per heavy atom. The van der Waals surface area contributed by atoms with Crippen molar-refractivity contribution in [1.29, 1.82) is 0 Å². The lowest BCUT2D eigenvalue weighted by Crippen LogP contribution is -2.10. The molecule has 262 valence electrons. The third-order valence-electron chi connectivity index (χ3n) is 11.3. The number of benzene rings is 10. The molecule has 0 aliphatic heterocycles. The smallest absolute Gasteiger partial charge is 0.136 e. The molecule has 1 heterocycles. The van der Waals surface area contributed by atoms with Crippen LogP contribution in [0.2, 0.25) is 0 Å². The van der Waals surface area contributed by atoms with Gasteiger partial charge in [-0.3, -0.25) is 0 Å². The first-order chi connectivity index (χ1) is 27.8. The van der Waals surface area contributed by atoms with E-state index in [9.17, 15) is 0 Å². The molecule has 0 spiro atoms. The van der Waals surface area contributed by atoms with Crippen molar-refractivity contribution in [3.8, 4) is 33.4 Å². The van der Waals surface area contributed by atoms with Crippen LogP contribution in [0, 0.1) is 0 Å². The standard InChI is InChI=1S/C54H35NO/c1-3-14-44-38(11-1)13-9-19-45(44)39-29-33-43(34-30-39)55(51-35-41-12-2-4-15-46(41)48-16-5-6-17-49(48)51)42-31-27-37(28-32-42)36-23-25-40(26-24-36)47-20-10-22-53-54(47)50-18-7-8-21-52(50)56-53/h1-35H. The summed E-state index contributed by atoms with van der Waals surface area (Å²) in [6.07, 6.45) is 0. The molecular weight excluding hydrogens is 679 g/mol. The van der Waals surface area contributed by atoms with Crippen molar-refractivity contribution in [1.82, 2.24) is 0 Å². The highest BCUT2D eigenvalue weighted by molar-refractivity contribution is 6.15. The SMILES string of the molecule is c1ccc2c(-c3ccc(N(c4ccc(-c5ccc(-c6cccc7oc8ccccc8c67)cc5)cc4)c4cc5ccccc5c5ccccc45)cc3)cccc2c1. The first kappa shape index (κ1) is 32.0. The molecule has 2 heteroatoms. The van der Waals surface area contributed by atoms with Gasteiger partial charge in [-0.25, -0.2) is 0 Å². The quantitative estimate of drug-likeness (QED) is 0.160. The molecule has 0 saturated heterocycles. The molecule has 0 atom stereocenters. The van der Waals surface area contributed by atoms with Crippen molar-refractivity contribution >= 4 is 71.3 Å². The summed E-state index contributed by atoms with van der Waals surface area (Å²) < 4.78 is 6.18. The molecule has 0 aliphatic rings. The predicted octanol–water partition coefficient (Wildman–Crippen LogP) is 15.5. The van der Waals surface area contributed by atoms with Crippen molar-refractivity contribution in [2.24, 2.45) is 0 Å². The van der Waals surface area contributed by atoms with Gasteiger partial charge in [0.05, 0.1) is 5.69 Å². The van der Waals surface area contributed by atoms with Gasteiger partial charge in [0.2, 0.25) is 0 Å². The van der Waals surface area contributed by atoms with Crippen LogP contribution in [0.4, 0.5) is 17.1 Å². The van der Waals surface area contributed by atoms with Crippen LogP contribution in [-0.4, -0.2) is 0 Å². The molecule has 0 unspecified atom stereocenters. The van der Waals surface area contributed by atoms with Crippen molar-refractivity contribution in [3.05, 3.63) is 212 Å². The Morgan fingerprint density at radius 2 is 0.786 bits per heavy atom. The maximum atomic E-state index is 6.18. The molecule has 0 bridgehead atoms. The summed E-state index contributed by atoms with van der Waals surface area (Å²) in [5.74, 6) is 0. The van der Waals surface area contributed by atoms with Gasteiger partial charge in [0, 0.05) is 27.5 Å². The number of hydrogen-bond acceptors (Lipinski definition) is 2. The largest absolute Gasteiger partial charge is 0.456 e. The lowest BCUT2D eigenvalue weighted by atomic mass is 9.96. The average molecular weight is 714 g/mol. The minimum atomic E-state index is 0.912. The second-order valence-electron chi connectivity index (χ2n) is 14.5. The molecule has 0 N–H and O–H groups in total. The van der Waals surface area contributed by atoms with Gasteiger partial charge in [0.25, 0.3) is 0 Å². The van der Waals surface area contributed by atoms with Gasteiger partial charge < -0.3 is 9.32 Å². The summed E-state index contributed by atoms with van der Waals surface area (Å²) in [7, 11) is 0. The highest BCUT2D eigenvalue weighted by atomic mass is 16.3. The highest BCUT2D eigenvalue weighted by Crippen LogP contribution is 2.43. The Labute approximate surface area is 325 Å². The van der Waals surface area contributed by atoms with Crippen LogP contribution >= 0.6 is 0 Å². The molecule has 1 aromatic heterocycles. The molecule has 0 fully saturated rings. The number of anilines is 3. The molecule has 11 aromatic rings. The fourth-order valence-corrected chi connectivity index (χ4v) is 8.57. The van der Waals surface area contributed by atoms with E-state index in [1.807, 2.05) is 12.1 Å². The van der Waals surface area contributed by atoms with Crippen molar-refractivity contribution < 1.29 is 4.42 Å². The maximum absolute atomic E-state index is 6.18. The summed E-state index contributed by atoms with van der Waals surface area (Å²) in [4.78, 5) is 2.41. The third-order valence-corrected chi connectivity index (χ3v) is 11.3. The Balaban J connectivity index is 1.00. The topological polar surface area (TPSA) is 16.4 Å². The fraction of sp³-hybridized carbons (Fsp3) is 0. The van der Waals surface area contributed by atoms with E-state index >= 15 is 0 Å². The Bertz CT molecular complexity index is 3220. The molecular formula is C54H35NO. The van der Waals surface area contributed by atoms with Gasteiger partial charge in [-0.1, -0.05) is 170 Å². The second-order valence-corrected chi connectivity index (χ2v) is 14.5. The number of hydrogen-bond donors (Lipinski definition) is 0. The van der Waals surface area contributed by atoms with E-state index in [0.29, 0.717) is 0 Å². The van der Waals surface area contributed by atoms with E-state index in [1.54, 1.807) is 0 Å². The van der Waals surface area contributed by atoms with Gasteiger partial charge in [-0.15, -0.1) is 0 Å². The predicted molar refractivity (Wildman–Crippen MR) is 237 cm³/mol. The van der Waals surface area contributed by atoms with Gasteiger partial charge in [-0.05, 0) is 103 Å². The van der Waals surface area contributed by atoms with E-state index in [-0.39, 0.29) is 0 Å².